The third kappa shape index (κ3) is 7.18. The van der Waals surface area contributed by atoms with E-state index in [1.807, 2.05) is 0 Å². The van der Waals surface area contributed by atoms with Crippen molar-refractivity contribution in [3.05, 3.63) is 48.6 Å². The fraction of sp³-hybridized carbons (Fsp3) is 0.421. The molecule has 2 aromatic heterocycles. The molecule has 152 valence electrons. The molecule has 9 nitrogen and oxygen atoms in total. The number of aromatic nitrogens is 4. The predicted octanol–water partition coefficient (Wildman–Crippen LogP) is 2.28. The van der Waals surface area contributed by atoms with Gasteiger partial charge in [-0.1, -0.05) is 6.08 Å². The number of carbonyl (C=O) groups excluding carboxylic acids is 3. The number of carbonyl (C=O) groups is 3. The van der Waals surface area contributed by atoms with E-state index in [1.54, 1.807) is 42.9 Å². The molecule has 0 aliphatic heterocycles. The van der Waals surface area contributed by atoms with Gasteiger partial charge in [-0.2, -0.15) is 10.2 Å². The highest BCUT2D eigenvalue weighted by Crippen LogP contribution is 2.03. The Kier molecular flexibility index (Phi) is 10.6. The number of hydrogen-bond acceptors (Lipinski definition) is 7. The maximum atomic E-state index is 11.4. The van der Waals surface area contributed by atoms with Crippen LogP contribution in [0.3, 0.4) is 0 Å². The third-order valence-electron chi connectivity index (χ3n) is 3.41. The van der Waals surface area contributed by atoms with Crippen molar-refractivity contribution < 1.29 is 23.9 Å². The summed E-state index contributed by atoms with van der Waals surface area (Å²) < 4.78 is 12.8. The van der Waals surface area contributed by atoms with E-state index in [1.165, 1.54) is 10.9 Å². The van der Waals surface area contributed by atoms with Gasteiger partial charge in [-0.05, 0) is 32.4 Å². The Morgan fingerprint density at radius 3 is 1.82 bits per heavy atom. The van der Waals surface area contributed by atoms with E-state index in [4.69, 9.17) is 9.47 Å². The van der Waals surface area contributed by atoms with Crippen LogP contribution in [0.4, 0.5) is 0 Å². The van der Waals surface area contributed by atoms with Gasteiger partial charge in [0.1, 0.15) is 17.7 Å². The number of aryl methyl sites for hydroxylation is 2. The molecule has 9 heteroatoms. The van der Waals surface area contributed by atoms with E-state index in [-0.39, 0.29) is 5.97 Å². The van der Waals surface area contributed by atoms with E-state index in [0.717, 1.165) is 12.7 Å². The van der Waals surface area contributed by atoms with E-state index in [9.17, 15) is 14.4 Å². The minimum atomic E-state index is -0.407. The Labute approximate surface area is 163 Å². The fourth-order valence-electron chi connectivity index (χ4n) is 2.17. The van der Waals surface area contributed by atoms with Crippen molar-refractivity contribution in [2.75, 3.05) is 13.2 Å². The number of aldehydes is 1. The highest BCUT2D eigenvalue weighted by molar-refractivity contribution is 5.87. The number of rotatable bonds is 10. The largest absolute Gasteiger partial charge is 0.461 e. The molecule has 28 heavy (non-hydrogen) atoms. The third-order valence-corrected chi connectivity index (χ3v) is 3.41. The topological polar surface area (TPSA) is 105 Å². The van der Waals surface area contributed by atoms with Gasteiger partial charge in [0.05, 0.1) is 13.2 Å². The Bertz CT molecular complexity index is 702. The smallest absolute Gasteiger partial charge is 0.356 e. The first-order valence-corrected chi connectivity index (χ1v) is 9.01. The average Bonchev–Trinajstić information content (AvgIpc) is 3.35. The van der Waals surface area contributed by atoms with Gasteiger partial charge >= 0.3 is 11.9 Å². The first-order chi connectivity index (χ1) is 13.6. The van der Waals surface area contributed by atoms with Crippen LogP contribution >= 0.6 is 0 Å². The molecule has 2 heterocycles. The Morgan fingerprint density at radius 1 is 0.964 bits per heavy atom. The van der Waals surface area contributed by atoms with E-state index in [2.05, 4.69) is 16.8 Å². The Hall–Kier alpha value is -3.23. The van der Waals surface area contributed by atoms with Gasteiger partial charge < -0.3 is 14.3 Å². The maximum absolute atomic E-state index is 11.4. The minimum Gasteiger partial charge on any atom is -0.461 e. The van der Waals surface area contributed by atoms with E-state index >= 15 is 0 Å². The molecule has 0 radical (unpaired) electrons. The van der Waals surface area contributed by atoms with Crippen LogP contribution in [0.2, 0.25) is 0 Å². The summed E-state index contributed by atoms with van der Waals surface area (Å²) in [6, 6.07) is 3.23. The van der Waals surface area contributed by atoms with Crippen molar-refractivity contribution in [3.63, 3.8) is 0 Å². The summed E-state index contributed by atoms with van der Waals surface area (Å²) in [5, 5.41) is 7.94. The van der Waals surface area contributed by atoms with Crippen LogP contribution in [0.25, 0.3) is 0 Å². The molecule has 0 saturated carbocycles. The van der Waals surface area contributed by atoms with Gasteiger partial charge in [0.2, 0.25) is 0 Å². The zero-order valence-electron chi connectivity index (χ0n) is 16.2. The average molecular weight is 390 g/mol. The zero-order chi connectivity index (χ0) is 20.8. The molecule has 2 aromatic rings. The number of allylic oxidation sites excluding steroid dienone is 1. The number of esters is 2. The summed E-state index contributed by atoms with van der Waals surface area (Å²) >= 11 is 0. The van der Waals surface area contributed by atoms with Crippen LogP contribution in [0.1, 0.15) is 47.7 Å². The summed E-state index contributed by atoms with van der Waals surface area (Å²) in [6.45, 7) is 8.91. The van der Waals surface area contributed by atoms with Crippen molar-refractivity contribution in [2.24, 2.45) is 0 Å². The van der Waals surface area contributed by atoms with Crippen molar-refractivity contribution >= 4 is 18.2 Å². The molecule has 0 aliphatic rings. The van der Waals surface area contributed by atoms with Crippen molar-refractivity contribution in [2.45, 2.75) is 39.8 Å². The lowest BCUT2D eigenvalue weighted by Gasteiger charge is -2.04. The monoisotopic (exact) mass is 390 g/mol. The normalized spacial score (nSPS) is 9.79. The molecular formula is C19H26N4O5. The van der Waals surface area contributed by atoms with Gasteiger partial charge in [-0.3, -0.25) is 9.36 Å². The number of ether oxygens (including phenoxy) is 2. The summed E-state index contributed by atoms with van der Waals surface area (Å²) in [5.41, 5.74) is 0.877. The maximum Gasteiger partial charge on any atom is 0.356 e. The van der Waals surface area contributed by atoms with Gasteiger partial charge in [0, 0.05) is 31.9 Å². The molecule has 0 unspecified atom stereocenters. The van der Waals surface area contributed by atoms with Crippen LogP contribution in [-0.4, -0.2) is 51.0 Å². The molecule has 0 aliphatic carbocycles. The molecule has 0 spiro atoms. The first kappa shape index (κ1) is 22.8. The molecule has 0 amide bonds. The van der Waals surface area contributed by atoms with Crippen LogP contribution in [-0.2, 0) is 27.4 Å². The van der Waals surface area contributed by atoms with E-state index in [0.29, 0.717) is 44.1 Å². The Balaban J connectivity index is 0.000000280. The van der Waals surface area contributed by atoms with Crippen LogP contribution in [0, 0.1) is 0 Å². The molecule has 0 atom stereocenters. The van der Waals surface area contributed by atoms with Gasteiger partial charge in [0.15, 0.2) is 0 Å². The second kappa shape index (κ2) is 13.0. The molecule has 2 rings (SSSR count). The summed E-state index contributed by atoms with van der Waals surface area (Å²) in [5.74, 6) is -0.732. The van der Waals surface area contributed by atoms with Gasteiger partial charge in [0.25, 0.3) is 0 Å². The quantitative estimate of drug-likeness (QED) is 0.348. The Morgan fingerprint density at radius 2 is 1.43 bits per heavy atom. The second-order valence-corrected chi connectivity index (χ2v) is 5.35. The lowest BCUT2D eigenvalue weighted by molar-refractivity contribution is -0.108. The molecule has 0 N–H and O–H groups in total. The first-order valence-electron chi connectivity index (χ1n) is 9.01. The van der Waals surface area contributed by atoms with Crippen molar-refractivity contribution in [1.29, 1.82) is 0 Å². The van der Waals surface area contributed by atoms with E-state index < -0.39 is 5.97 Å². The minimum absolute atomic E-state index is 0.325. The number of nitrogens with zero attached hydrogens (tertiary/aromatic N) is 4. The lowest BCUT2D eigenvalue weighted by Crippen LogP contribution is -2.13. The van der Waals surface area contributed by atoms with Crippen LogP contribution in [0.15, 0.2) is 37.2 Å². The second-order valence-electron chi connectivity index (χ2n) is 5.35. The summed E-state index contributed by atoms with van der Waals surface area (Å²) in [6.07, 6.45) is 6.81. The fourth-order valence-corrected chi connectivity index (χ4v) is 2.17. The SMILES string of the molecule is C=CCCn1nccc1C(=O)OCC.CCOC(=O)c1ccnn1CCC=O. The molecule has 0 aromatic carbocycles. The molecule has 0 saturated heterocycles. The highest BCUT2D eigenvalue weighted by Gasteiger charge is 2.12. The van der Waals surface area contributed by atoms with Crippen LogP contribution < -0.4 is 0 Å². The number of hydrogen-bond donors (Lipinski definition) is 0. The molecular weight excluding hydrogens is 364 g/mol. The molecule has 0 fully saturated rings. The summed E-state index contributed by atoms with van der Waals surface area (Å²) in [4.78, 5) is 32.8. The summed E-state index contributed by atoms with van der Waals surface area (Å²) in [7, 11) is 0. The van der Waals surface area contributed by atoms with Gasteiger partial charge in [-0.25, -0.2) is 9.59 Å². The standard InChI is InChI=1S/C10H14N2O2.C9H12N2O3/c1-3-5-8-12-9(6-7-11-12)10(13)14-4-2;1-2-14-9(13)8-4-5-10-11(8)6-3-7-12/h3,6-7H,1,4-5,8H2,2H3;4-5,7H,2-3,6H2,1H3. The van der Waals surface area contributed by atoms with Crippen molar-refractivity contribution in [1.82, 2.24) is 19.6 Å². The van der Waals surface area contributed by atoms with Crippen LogP contribution in [0.5, 0.6) is 0 Å². The lowest BCUT2D eigenvalue weighted by atomic mass is 10.4. The van der Waals surface area contributed by atoms with Crippen molar-refractivity contribution in [3.8, 4) is 0 Å². The molecule has 0 bridgehead atoms. The highest BCUT2D eigenvalue weighted by atomic mass is 16.5. The van der Waals surface area contributed by atoms with Gasteiger partial charge in [-0.15, -0.1) is 6.58 Å². The predicted molar refractivity (Wildman–Crippen MR) is 102 cm³/mol. The zero-order valence-corrected chi connectivity index (χ0v) is 16.2.